The van der Waals surface area contributed by atoms with Gasteiger partial charge >= 0.3 is 0 Å². The molecule has 0 aliphatic rings. The van der Waals surface area contributed by atoms with Crippen LogP contribution in [0.5, 0.6) is 0 Å². The van der Waals surface area contributed by atoms with Gasteiger partial charge in [-0.3, -0.25) is 0 Å². The fraction of sp³-hybridized carbons (Fsp3) is 0.455. The Labute approximate surface area is 84.3 Å². The lowest BCUT2D eigenvalue weighted by Gasteiger charge is -2.22. The van der Waals surface area contributed by atoms with Crippen LogP contribution >= 0.6 is 11.3 Å². The number of hydrogen-bond donors (Lipinski definition) is 1. The van der Waals surface area contributed by atoms with Gasteiger partial charge in [0.15, 0.2) is 0 Å². The van der Waals surface area contributed by atoms with Gasteiger partial charge in [0.05, 0.1) is 0 Å². The first kappa shape index (κ1) is 10.5. The summed E-state index contributed by atoms with van der Waals surface area (Å²) in [6.07, 6.45) is 4.17. The van der Waals surface area contributed by atoms with E-state index in [1.807, 2.05) is 17.4 Å². The normalized spacial score (nSPS) is 15.2. The molecule has 1 atom stereocenters. The third kappa shape index (κ3) is 2.98. The zero-order valence-corrected chi connectivity index (χ0v) is 8.94. The standard InChI is InChI=1S/C11H17NS/c1-3-11(2,9-12)7-6-10-5-4-8-13-10/h3-5,8H,1,6-7,9,12H2,2H3. The van der Waals surface area contributed by atoms with Gasteiger partial charge in [-0.25, -0.2) is 0 Å². The molecule has 72 valence electrons. The van der Waals surface area contributed by atoms with E-state index in [2.05, 4.69) is 31.0 Å². The molecule has 1 aromatic rings. The highest BCUT2D eigenvalue weighted by molar-refractivity contribution is 7.09. The molecule has 0 bridgehead atoms. The second-order valence-electron chi connectivity index (χ2n) is 3.64. The second-order valence-corrected chi connectivity index (χ2v) is 4.67. The third-order valence-electron chi connectivity index (χ3n) is 2.48. The maximum absolute atomic E-state index is 5.69. The molecule has 1 heterocycles. The largest absolute Gasteiger partial charge is 0.330 e. The Kier molecular flexibility index (Phi) is 3.70. The SMILES string of the molecule is C=CC(C)(CN)CCc1cccs1. The number of aryl methyl sites for hydroxylation is 1. The Morgan fingerprint density at radius 2 is 2.46 bits per heavy atom. The van der Waals surface area contributed by atoms with Crippen molar-refractivity contribution in [2.24, 2.45) is 11.1 Å². The lowest BCUT2D eigenvalue weighted by atomic mass is 9.85. The van der Waals surface area contributed by atoms with E-state index in [4.69, 9.17) is 5.73 Å². The van der Waals surface area contributed by atoms with Crippen molar-refractivity contribution in [3.05, 3.63) is 35.0 Å². The fourth-order valence-corrected chi connectivity index (χ4v) is 1.86. The van der Waals surface area contributed by atoms with Crippen LogP contribution < -0.4 is 5.73 Å². The summed E-state index contributed by atoms with van der Waals surface area (Å²) in [7, 11) is 0. The summed E-state index contributed by atoms with van der Waals surface area (Å²) in [5, 5.41) is 2.11. The molecule has 2 N–H and O–H groups in total. The van der Waals surface area contributed by atoms with Gasteiger partial charge in [0.25, 0.3) is 0 Å². The first-order valence-corrected chi connectivity index (χ1v) is 5.44. The molecule has 0 aromatic carbocycles. The van der Waals surface area contributed by atoms with Crippen LogP contribution in [0.2, 0.25) is 0 Å². The molecule has 1 unspecified atom stereocenters. The van der Waals surface area contributed by atoms with E-state index in [1.54, 1.807) is 0 Å². The summed E-state index contributed by atoms with van der Waals surface area (Å²) in [5.74, 6) is 0. The summed E-state index contributed by atoms with van der Waals surface area (Å²) in [6, 6.07) is 4.26. The van der Waals surface area contributed by atoms with Crippen molar-refractivity contribution in [3.8, 4) is 0 Å². The molecule has 0 spiro atoms. The van der Waals surface area contributed by atoms with Gasteiger partial charge in [-0.15, -0.1) is 17.9 Å². The van der Waals surface area contributed by atoms with E-state index in [-0.39, 0.29) is 5.41 Å². The minimum Gasteiger partial charge on any atom is -0.330 e. The molecule has 13 heavy (non-hydrogen) atoms. The van der Waals surface area contributed by atoms with Crippen molar-refractivity contribution in [2.75, 3.05) is 6.54 Å². The van der Waals surface area contributed by atoms with Crippen LogP contribution in [0.1, 0.15) is 18.2 Å². The van der Waals surface area contributed by atoms with Gasteiger partial charge < -0.3 is 5.73 Å². The topological polar surface area (TPSA) is 26.0 Å². The summed E-state index contributed by atoms with van der Waals surface area (Å²) in [6.45, 7) is 6.67. The Balaban J connectivity index is 2.45. The van der Waals surface area contributed by atoms with Crippen molar-refractivity contribution in [1.82, 2.24) is 0 Å². The van der Waals surface area contributed by atoms with Gasteiger partial charge in [0, 0.05) is 11.4 Å². The molecule has 0 saturated carbocycles. The highest BCUT2D eigenvalue weighted by Gasteiger charge is 2.17. The zero-order chi connectivity index (χ0) is 9.73. The van der Waals surface area contributed by atoms with Crippen molar-refractivity contribution in [1.29, 1.82) is 0 Å². The molecule has 1 nitrogen and oxygen atoms in total. The lowest BCUT2D eigenvalue weighted by molar-refractivity contribution is 0.406. The minimum atomic E-state index is 0.101. The third-order valence-corrected chi connectivity index (χ3v) is 3.42. The molecule has 0 saturated heterocycles. The van der Waals surface area contributed by atoms with Gasteiger partial charge in [0.1, 0.15) is 0 Å². The summed E-state index contributed by atoms with van der Waals surface area (Å²) < 4.78 is 0. The summed E-state index contributed by atoms with van der Waals surface area (Å²) in [5.41, 5.74) is 5.79. The number of rotatable bonds is 5. The highest BCUT2D eigenvalue weighted by atomic mass is 32.1. The van der Waals surface area contributed by atoms with E-state index >= 15 is 0 Å². The summed E-state index contributed by atoms with van der Waals surface area (Å²) in [4.78, 5) is 1.43. The number of thiophene rings is 1. The van der Waals surface area contributed by atoms with E-state index in [0.717, 1.165) is 12.8 Å². The maximum atomic E-state index is 5.69. The first-order chi connectivity index (χ1) is 6.20. The molecule has 0 aliphatic carbocycles. The van der Waals surface area contributed by atoms with Crippen LogP contribution in [-0.4, -0.2) is 6.54 Å². The molecular weight excluding hydrogens is 178 g/mol. The van der Waals surface area contributed by atoms with Crippen LogP contribution in [0.3, 0.4) is 0 Å². The number of hydrogen-bond acceptors (Lipinski definition) is 2. The van der Waals surface area contributed by atoms with Crippen molar-refractivity contribution >= 4 is 11.3 Å². The van der Waals surface area contributed by atoms with Crippen molar-refractivity contribution in [2.45, 2.75) is 19.8 Å². The zero-order valence-electron chi connectivity index (χ0n) is 8.12. The van der Waals surface area contributed by atoms with E-state index in [1.165, 1.54) is 4.88 Å². The Bertz CT molecular complexity index is 253. The van der Waals surface area contributed by atoms with Crippen LogP contribution in [0.15, 0.2) is 30.2 Å². The second kappa shape index (κ2) is 4.58. The summed E-state index contributed by atoms with van der Waals surface area (Å²) >= 11 is 1.81. The van der Waals surface area contributed by atoms with Gasteiger partial charge in [-0.1, -0.05) is 19.1 Å². The fourth-order valence-electron chi connectivity index (χ4n) is 1.15. The predicted molar refractivity (Wildman–Crippen MR) is 60.0 cm³/mol. The lowest BCUT2D eigenvalue weighted by Crippen LogP contribution is -2.25. The molecule has 0 fully saturated rings. The quantitative estimate of drug-likeness (QED) is 0.718. The van der Waals surface area contributed by atoms with E-state index in [0.29, 0.717) is 6.54 Å². The number of nitrogens with two attached hydrogens (primary N) is 1. The van der Waals surface area contributed by atoms with Gasteiger partial charge in [-0.05, 0) is 29.7 Å². The molecule has 0 aliphatic heterocycles. The Hall–Kier alpha value is -0.600. The molecule has 2 heteroatoms. The molecular formula is C11H17NS. The van der Waals surface area contributed by atoms with Crippen LogP contribution in [-0.2, 0) is 6.42 Å². The Morgan fingerprint density at radius 1 is 1.69 bits per heavy atom. The average molecular weight is 195 g/mol. The smallest absolute Gasteiger partial charge is 0.00455 e. The highest BCUT2D eigenvalue weighted by Crippen LogP contribution is 2.24. The van der Waals surface area contributed by atoms with Crippen LogP contribution in [0.25, 0.3) is 0 Å². The van der Waals surface area contributed by atoms with E-state index < -0.39 is 0 Å². The molecule has 1 aromatic heterocycles. The molecule has 1 rings (SSSR count). The van der Waals surface area contributed by atoms with E-state index in [9.17, 15) is 0 Å². The van der Waals surface area contributed by atoms with Crippen LogP contribution in [0, 0.1) is 5.41 Å². The average Bonchev–Trinajstić information content (AvgIpc) is 2.67. The molecule has 0 radical (unpaired) electrons. The maximum Gasteiger partial charge on any atom is 0.00455 e. The van der Waals surface area contributed by atoms with Crippen molar-refractivity contribution < 1.29 is 0 Å². The van der Waals surface area contributed by atoms with Gasteiger partial charge in [0.2, 0.25) is 0 Å². The Morgan fingerprint density at radius 3 is 2.92 bits per heavy atom. The van der Waals surface area contributed by atoms with Crippen molar-refractivity contribution in [3.63, 3.8) is 0 Å². The predicted octanol–water partition coefficient (Wildman–Crippen LogP) is 2.83. The van der Waals surface area contributed by atoms with Crippen LogP contribution in [0.4, 0.5) is 0 Å². The first-order valence-electron chi connectivity index (χ1n) is 4.56. The van der Waals surface area contributed by atoms with Gasteiger partial charge in [-0.2, -0.15) is 0 Å². The molecule has 0 amide bonds. The monoisotopic (exact) mass is 195 g/mol. The minimum absolute atomic E-state index is 0.101.